The number of carboxylic acid groups (broad SMARTS) is 1. The van der Waals surface area contributed by atoms with Crippen LogP contribution in [0.4, 0.5) is 0 Å². The maximum absolute atomic E-state index is 12.0. The number of hydrogen-bond acceptors (Lipinski definition) is 3. The summed E-state index contributed by atoms with van der Waals surface area (Å²) in [5, 5.41) is 9.02. The molecule has 0 aliphatic heterocycles. The molecule has 1 unspecified atom stereocenters. The number of ether oxygens (including phenoxy) is 1. The molecule has 0 saturated carbocycles. The van der Waals surface area contributed by atoms with Crippen molar-refractivity contribution >= 4 is 11.9 Å². The molecular formula is C34H62O4. The minimum Gasteiger partial charge on any atom is -0.481 e. The van der Waals surface area contributed by atoms with E-state index in [1.807, 2.05) is 0 Å². The van der Waals surface area contributed by atoms with Crippen molar-refractivity contribution < 1.29 is 19.4 Å². The largest absolute Gasteiger partial charge is 0.481 e. The number of esters is 1. The van der Waals surface area contributed by atoms with Crippen LogP contribution in [0.15, 0.2) is 24.8 Å². The molecule has 0 aromatic rings. The van der Waals surface area contributed by atoms with Crippen molar-refractivity contribution in [2.45, 2.75) is 167 Å². The quantitative estimate of drug-likeness (QED) is 0.0565. The molecule has 0 aliphatic carbocycles. The fraction of sp³-hybridized carbons (Fsp3) is 0.824. The molecule has 0 aromatic carbocycles. The van der Waals surface area contributed by atoms with Crippen molar-refractivity contribution in [1.29, 1.82) is 0 Å². The van der Waals surface area contributed by atoms with Crippen molar-refractivity contribution in [1.82, 2.24) is 0 Å². The summed E-state index contributed by atoms with van der Waals surface area (Å²) in [6.45, 7) is 5.93. The van der Waals surface area contributed by atoms with Gasteiger partial charge in [0, 0.05) is 0 Å². The molecule has 0 heterocycles. The van der Waals surface area contributed by atoms with Gasteiger partial charge in [0.25, 0.3) is 0 Å². The van der Waals surface area contributed by atoms with Crippen LogP contribution in [0.1, 0.15) is 167 Å². The van der Waals surface area contributed by atoms with E-state index in [4.69, 9.17) is 9.84 Å². The third kappa shape index (κ3) is 27.5. The lowest BCUT2D eigenvalue weighted by atomic mass is 9.97. The molecule has 0 fully saturated rings. The highest BCUT2D eigenvalue weighted by Gasteiger charge is 2.22. The molecule has 1 atom stereocenters. The first-order chi connectivity index (χ1) is 18.6. The summed E-state index contributed by atoms with van der Waals surface area (Å²) in [5.74, 6) is -1.88. The molecule has 0 radical (unpaired) electrons. The average Bonchev–Trinajstić information content (AvgIpc) is 2.90. The number of carbonyl (C=O) groups excluding carboxylic acids is 1. The predicted octanol–water partition coefficient (Wildman–Crippen LogP) is 10.7. The summed E-state index contributed by atoms with van der Waals surface area (Å²) in [5.41, 5.74) is 0. The van der Waals surface area contributed by atoms with Crippen LogP contribution in [0.25, 0.3) is 0 Å². The molecule has 0 amide bonds. The standard InChI is InChI=1S/C34H62O4/c1-3-5-6-7-8-9-10-11-12-13-14-15-16-17-18-19-20-21-22-23-24-25-26-27-28-29-32(31-33(35)36)34(37)38-30-4-2/h4,8-9,32H,2-3,5-7,10-31H2,1H3,(H,35,36)/b9-8+. The number of aliphatic carboxylic acids is 1. The molecular weight excluding hydrogens is 472 g/mol. The molecule has 0 spiro atoms. The highest BCUT2D eigenvalue weighted by molar-refractivity contribution is 5.79. The van der Waals surface area contributed by atoms with Crippen LogP contribution in [-0.4, -0.2) is 23.7 Å². The Balaban J connectivity index is 3.34. The fourth-order valence-electron chi connectivity index (χ4n) is 5.00. The van der Waals surface area contributed by atoms with E-state index < -0.39 is 17.9 Å². The van der Waals surface area contributed by atoms with Crippen LogP contribution in [0.5, 0.6) is 0 Å². The summed E-state index contributed by atoms with van der Waals surface area (Å²) in [6.07, 6.45) is 37.1. The van der Waals surface area contributed by atoms with E-state index in [1.165, 1.54) is 134 Å². The topological polar surface area (TPSA) is 63.6 Å². The molecule has 4 heteroatoms. The van der Waals surface area contributed by atoms with Crippen LogP contribution in [0.2, 0.25) is 0 Å². The van der Waals surface area contributed by atoms with Gasteiger partial charge in [0.1, 0.15) is 6.61 Å². The van der Waals surface area contributed by atoms with E-state index in [-0.39, 0.29) is 13.0 Å². The van der Waals surface area contributed by atoms with Crippen LogP contribution in [0.3, 0.4) is 0 Å². The summed E-state index contributed by atoms with van der Waals surface area (Å²) in [4.78, 5) is 23.0. The zero-order valence-corrected chi connectivity index (χ0v) is 25.1. The number of hydrogen-bond donors (Lipinski definition) is 1. The second-order valence-corrected chi connectivity index (χ2v) is 11.1. The van der Waals surface area contributed by atoms with Gasteiger partial charge in [-0.2, -0.15) is 0 Å². The minimum atomic E-state index is -0.941. The van der Waals surface area contributed by atoms with E-state index in [0.29, 0.717) is 6.42 Å². The Hall–Kier alpha value is -1.58. The lowest BCUT2D eigenvalue weighted by molar-refractivity contribution is -0.152. The zero-order chi connectivity index (χ0) is 27.9. The second-order valence-electron chi connectivity index (χ2n) is 11.1. The van der Waals surface area contributed by atoms with Gasteiger partial charge in [-0.3, -0.25) is 9.59 Å². The minimum absolute atomic E-state index is 0.145. The monoisotopic (exact) mass is 534 g/mol. The normalized spacial score (nSPS) is 12.1. The highest BCUT2D eigenvalue weighted by atomic mass is 16.5. The van der Waals surface area contributed by atoms with E-state index in [0.717, 1.165) is 19.3 Å². The molecule has 0 aromatic heterocycles. The van der Waals surface area contributed by atoms with Gasteiger partial charge in [0.2, 0.25) is 0 Å². The highest BCUT2D eigenvalue weighted by Crippen LogP contribution is 2.18. The first-order valence-corrected chi connectivity index (χ1v) is 16.3. The molecule has 0 saturated heterocycles. The molecule has 0 rings (SSSR count). The van der Waals surface area contributed by atoms with Gasteiger partial charge < -0.3 is 9.84 Å². The molecule has 38 heavy (non-hydrogen) atoms. The lowest BCUT2D eigenvalue weighted by Crippen LogP contribution is -2.21. The van der Waals surface area contributed by atoms with Crippen molar-refractivity contribution in [3.63, 3.8) is 0 Å². The Morgan fingerprint density at radius 2 is 1.05 bits per heavy atom. The van der Waals surface area contributed by atoms with Gasteiger partial charge in [0.05, 0.1) is 12.3 Å². The van der Waals surface area contributed by atoms with Gasteiger partial charge >= 0.3 is 11.9 Å². The van der Waals surface area contributed by atoms with E-state index in [1.54, 1.807) is 0 Å². The Morgan fingerprint density at radius 3 is 1.45 bits per heavy atom. The number of rotatable bonds is 30. The maximum atomic E-state index is 12.0. The average molecular weight is 535 g/mol. The Morgan fingerprint density at radius 1 is 0.658 bits per heavy atom. The van der Waals surface area contributed by atoms with Gasteiger partial charge in [-0.05, 0) is 32.1 Å². The summed E-state index contributed by atoms with van der Waals surface area (Å²) < 4.78 is 5.04. The van der Waals surface area contributed by atoms with Crippen molar-refractivity contribution in [3.8, 4) is 0 Å². The Kier molecular flexibility index (Phi) is 28.7. The van der Waals surface area contributed by atoms with Gasteiger partial charge in [-0.15, -0.1) is 0 Å². The van der Waals surface area contributed by atoms with E-state index >= 15 is 0 Å². The molecule has 1 N–H and O–H groups in total. The van der Waals surface area contributed by atoms with Crippen molar-refractivity contribution in [2.24, 2.45) is 5.92 Å². The summed E-state index contributed by atoms with van der Waals surface area (Å²) in [6, 6.07) is 0. The molecule has 222 valence electrons. The van der Waals surface area contributed by atoms with Crippen molar-refractivity contribution in [3.05, 3.63) is 24.8 Å². The smallest absolute Gasteiger partial charge is 0.309 e. The third-order valence-electron chi connectivity index (χ3n) is 7.41. The Bertz CT molecular complexity index is 569. The molecule has 4 nitrogen and oxygen atoms in total. The lowest BCUT2D eigenvalue weighted by Gasteiger charge is -2.13. The van der Waals surface area contributed by atoms with E-state index in [2.05, 4.69) is 25.7 Å². The Labute approximate surface area is 236 Å². The summed E-state index contributed by atoms with van der Waals surface area (Å²) in [7, 11) is 0. The number of carboxylic acids is 1. The molecule has 0 aliphatic rings. The summed E-state index contributed by atoms with van der Waals surface area (Å²) >= 11 is 0. The third-order valence-corrected chi connectivity index (χ3v) is 7.41. The predicted molar refractivity (Wildman–Crippen MR) is 163 cm³/mol. The van der Waals surface area contributed by atoms with Gasteiger partial charge in [0.15, 0.2) is 0 Å². The van der Waals surface area contributed by atoms with Crippen LogP contribution >= 0.6 is 0 Å². The SMILES string of the molecule is C=CCOC(=O)C(CCCCCCCCCCCCCCCCCCCC/C=C/CCCCC)CC(=O)O. The number of unbranched alkanes of at least 4 members (excludes halogenated alkanes) is 21. The van der Waals surface area contributed by atoms with Crippen LogP contribution in [-0.2, 0) is 14.3 Å². The van der Waals surface area contributed by atoms with E-state index in [9.17, 15) is 9.59 Å². The first kappa shape index (κ1) is 36.4. The van der Waals surface area contributed by atoms with Gasteiger partial charge in [-0.25, -0.2) is 0 Å². The molecule has 0 bridgehead atoms. The van der Waals surface area contributed by atoms with Crippen molar-refractivity contribution in [2.75, 3.05) is 6.61 Å². The number of allylic oxidation sites excluding steroid dienone is 2. The van der Waals surface area contributed by atoms with Crippen LogP contribution in [0, 0.1) is 5.92 Å². The second kappa shape index (κ2) is 30.0. The van der Waals surface area contributed by atoms with Gasteiger partial charge in [-0.1, -0.05) is 154 Å². The number of carbonyl (C=O) groups is 2. The maximum Gasteiger partial charge on any atom is 0.309 e. The zero-order valence-electron chi connectivity index (χ0n) is 25.1. The fourth-order valence-corrected chi connectivity index (χ4v) is 5.00. The van der Waals surface area contributed by atoms with Crippen LogP contribution < -0.4 is 0 Å². The first-order valence-electron chi connectivity index (χ1n) is 16.3.